The summed E-state index contributed by atoms with van der Waals surface area (Å²) in [5.74, 6) is 0.719. The van der Waals surface area contributed by atoms with Crippen LogP contribution in [-0.2, 0) is 9.53 Å². The molecule has 10 heteroatoms. The van der Waals surface area contributed by atoms with Crippen molar-refractivity contribution in [1.29, 1.82) is 0 Å². The van der Waals surface area contributed by atoms with Gasteiger partial charge in [-0.3, -0.25) is 9.69 Å². The molecule has 1 aromatic heterocycles. The van der Waals surface area contributed by atoms with Crippen LogP contribution in [0.4, 0.5) is 16.4 Å². The van der Waals surface area contributed by atoms with E-state index in [1.807, 2.05) is 0 Å². The third-order valence-electron chi connectivity index (χ3n) is 2.96. The summed E-state index contributed by atoms with van der Waals surface area (Å²) in [5.41, 5.74) is 8.27. The van der Waals surface area contributed by atoms with Gasteiger partial charge in [0.15, 0.2) is 18.2 Å². The van der Waals surface area contributed by atoms with Crippen molar-refractivity contribution in [3.8, 4) is 5.75 Å². The number of rotatable bonds is 3. The molecule has 1 saturated heterocycles. The van der Waals surface area contributed by atoms with E-state index >= 15 is 0 Å². The minimum Gasteiger partial charge on any atom is -0.480 e. The number of ether oxygens (including phenoxy) is 2. The minimum absolute atomic E-state index is 0.0591. The molecule has 10 nitrogen and oxygen atoms in total. The maximum atomic E-state index is 11.8. The van der Waals surface area contributed by atoms with E-state index in [9.17, 15) is 9.59 Å². The maximum Gasteiger partial charge on any atom is 0.415 e. The molecule has 108 valence electrons. The second-order valence-corrected chi connectivity index (χ2v) is 4.38. The molecule has 3 heterocycles. The number of anilines is 2. The van der Waals surface area contributed by atoms with Crippen LogP contribution in [0.2, 0.25) is 0 Å². The van der Waals surface area contributed by atoms with Gasteiger partial charge in [-0.05, 0) is 17.7 Å². The number of nitrogens with one attached hydrogen (secondary N) is 1. The third kappa shape index (κ3) is 2.51. The van der Waals surface area contributed by atoms with Crippen molar-refractivity contribution in [3.63, 3.8) is 0 Å². The number of azide groups is 1. The Morgan fingerprint density at radius 3 is 3.19 bits per heavy atom. The Morgan fingerprint density at radius 2 is 2.38 bits per heavy atom. The number of carbonyl (C=O) groups excluding carboxylic acids is 2. The first kappa shape index (κ1) is 13.0. The molecule has 21 heavy (non-hydrogen) atoms. The van der Waals surface area contributed by atoms with Crippen LogP contribution in [0.1, 0.15) is 0 Å². The molecule has 0 radical (unpaired) electrons. The molecule has 0 saturated carbocycles. The molecular weight excluding hydrogens is 280 g/mol. The summed E-state index contributed by atoms with van der Waals surface area (Å²) in [4.78, 5) is 31.2. The van der Waals surface area contributed by atoms with Crippen molar-refractivity contribution in [2.45, 2.75) is 6.10 Å². The van der Waals surface area contributed by atoms with Crippen LogP contribution in [0.5, 0.6) is 5.75 Å². The van der Waals surface area contributed by atoms with Crippen LogP contribution in [-0.4, -0.2) is 42.8 Å². The summed E-state index contributed by atoms with van der Waals surface area (Å²) in [6, 6.07) is 3.21. The quantitative estimate of drug-likeness (QED) is 0.505. The first-order valence-corrected chi connectivity index (χ1v) is 6.10. The van der Waals surface area contributed by atoms with Crippen molar-refractivity contribution in [2.75, 3.05) is 29.9 Å². The van der Waals surface area contributed by atoms with Crippen molar-refractivity contribution in [2.24, 2.45) is 5.11 Å². The van der Waals surface area contributed by atoms with Gasteiger partial charge in [0, 0.05) is 4.91 Å². The van der Waals surface area contributed by atoms with Crippen LogP contribution in [0.15, 0.2) is 17.2 Å². The summed E-state index contributed by atoms with van der Waals surface area (Å²) in [7, 11) is 0. The van der Waals surface area contributed by atoms with Gasteiger partial charge in [0.1, 0.15) is 11.9 Å². The van der Waals surface area contributed by atoms with E-state index < -0.39 is 12.2 Å². The van der Waals surface area contributed by atoms with Gasteiger partial charge in [-0.15, -0.1) is 0 Å². The van der Waals surface area contributed by atoms with Gasteiger partial charge < -0.3 is 14.8 Å². The predicted octanol–water partition coefficient (Wildman–Crippen LogP) is 1.05. The Bertz CT molecular complexity index is 656. The van der Waals surface area contributed by atoms with E-state index in [4.69, 9.17) is 15.0 Å². The first-order valence-electron chi connectivity index (χ1n) is 6.10. The summed E-state index contributed by atoms with van der Waals surface area (Å²) in [5, 5.41) is 5.94. The number of aromatic nitrogens is 1. The second-order valence-electron chi connectivity index (χ2n) is 4.38. The highest BCUT2D eigenvalue weighted by atomic mass is 16.6. The van der Waals surface area contributed by atoms with Crippen molar-refractivity contribution >= 4 is 23.6 Å². The number of hydrogen-bond acceptors (Lipinski definition) is 6. The number of carbonyl (C=O) groups is 2. The predicted molar refractivity (Wildman–Crippen MR) is 70.0 cm³/mol. The monoisotopic (exact) mass is 290 g/mol. The van der Waals surface area contributed by atoms with E-state index in [2.05, 4.69) is 20.3 Å². The lowest BCUT2D eigenvalue weighted by Crippen LogP contribution is -2.29. The highest BCUT2D eigenvalue weighted by Crippen LogP contribution is 2.29. The molecule has 2 aliphatic heterocycles. The maximum absolute atomic E-state index is 11.8. The van der Waals surface area contributed by atoms with E-state index in [0.717, 1.165) is 0 Å². The molecule has 2 aliphatic rings. The van der Waals surface area contributed by atoms with Gasteiger partial charge >= 0.3 is 6.09 Å². The van der Waals surface area contributed by atoms with Crippen molar-refractivity contribution < 1.29 is 19.1 Å². The van der Waals surface area contributed by atoms with Crippen molar-refractivity contribution in [1.82, 2.24) is 4.98 Å². The van der Waals surface area contributed by atoms with Gasteiger partial charge in [-0.25, -0.2) is 9.78 Å². The Labute approximate surface area is 118 Å². The molecule has 1 aromatic rings. The first-order chi connectivity index (χ1) is 10.2. The Morgan fingerprint density at radius 1 is 1.52 bits per heavy atom. The number of cyclic esters (lactones) is 1. The molecule has 1 N–H and O–H groups in total. The zero-order chi connectivity index (χ0) is 14.8. The lowest BCUT2D eigenvalue weighted by atomic mass is 10.3. The zero-order valence-corrected chi connectivity index (χ0v) is 10.7. The van der Waals surface area contributed by atoms with Gasteiger partial charge in [-0.1, -0.05) is 5.11 Å². The van der Waals surface area contributed by atoms with E-state index in [1.54, 1.807) is 12.1 Å². The fraction of sp³-hybridized carbons (Fsp3) is 0.364. The fourth-order valence-corrected chi connectivity index (χ4v) is 2.04. The largest absolute Gasteiger partial charge is 0.480 e. The molecule has 0 bridgehead atoms. The topological polar surface area (TPSA) is 130 Å². The lowest BCUT2D eigenvalue weighted by Gasteiger charge is -2.19. The Kier molecular flexibility index (Phi) is 3.20. The number of hydrogen-bond donors (Lipinski definition) is 1. The van der Waals surface area contributed by atoms with Crippen LogP contribution in [0.25, 0.3) is 10.4 Å². The van der Waals surface area contributed by atoms with E-state index in [1.165, 1.54) is 4.90 Å². The highest BCUT2D eigenvalue weighted by Gasteiger charge is 2.33. The van der Waals surface area contributed by atoms with Gasteiger partial charge in [0.05, 0.1) is 13.1 Å². The van der Waals surface area contributed by atoms with Crippen LogP contribution in [0, 0.1) is 0 Å². The zero-order valence-electron chi connectivity index (χ0n) is 10.7. The molecular formula is C11H10N6O4. The number of pyridine rings is 1. The lowest BCUT2D eigenvalue weighted by molar-refractivity contribution is -0.118. The average molecular weight is 290 g/mol. The van der Waals surface area contributed by atoms with E-state index in [0.29, 0.717) is 11.6 Å². The number of amides is 2. The molecule has 0 aromatic carbocycles. The van der Waals surface area contributed by atoms with E-state index in [-0.39, 0.29) is 31.4 Å². The normalized spacial score (nSPS) is 20.0. The summed E-state index contributed by atoms with van der Waals surface area (Å²) in [6.45, 7) is 0.218. The summed E-state index contributed by atoms with van der Waals surface area (Å²) >= 11 is 0. The van der Waals surface area contributed by atoms with Gasteiger partial charge in [0.2, 0.25) is 0 Å². The molecule has 0 unspecified atom stereocenters. The second kappa shape index (κ2) is 5.17. The SMILES string of the molecule is [N-]=[N+]=NC[C@H]1CN(c2ccc3c(n2)NC(=O)CO3)C(=O)O1. The minimum atomic E-state index is -0.580. The fourth-order valence-electron chi connectivity index (χ4n) is 2.04. The standard InChI is InChI=1S/C11H10N6O4/c12-16-13-3-6-4-17(11(19)21-6)8-2-1-7-10(14-8)15-9(18)5-20-7/h1-2,6H,3-5H2,(H,14,15,18)/t6-/m0/s1. The molecule has 2 amide bonds. The average Bonchev–Trinajstić information content (AvgIpc) is 2.85. The molecule has 1 fully saturated rings. The third-order valence-corrected chi connectivity index (χ3v) is 2.96. The molecule has 0 spiro atoms. The van der Waals surface area contributed by atoms with Crippen LogP contribution >= 0.6 is 0 Å². The molecule has 0 aliphatic carbocycles. The highest BCUT2D eigenvalue weighted by molar-refractivity contribution is 5.95. The van der Waals surface area contributed by atoms with Crippen molar-refractivity contribution in [3.05, 3.63) is 22.6 Å². The number of fused-ring (bicyclic) bond motifs is 1. The van der Waals surface area contributed by atoms with Crippen LogP contribution < -0.4 is 15.0 Å². The summed E-state index contributed by atoms with van der Waals surface area (Å²) in [6.07, 6.45) is -1.10. The molecule has 3 rings (SSSR count). The Hall–Kier alpha value is -3.00. The Balaban J connectivity index is 1.81. The van der Waals surface area contributed by atoms with Crippen LogP contribution in [0.3, 0.4) is 0 Å². The summed E-state index contributed by atoms with van der Waals surface area (Å²) < 4.78 is 10.2. The van der Waals surface area contributed by atoms with Gasteiger partial charge in [0.25, 0.3) is 5.91 Å². The van der Waals surface area contributed by atoms with Gasteiger partial charge in [-0.2, -0.15) is 0 Å². The smallest absolute Gasteiger partial charge is 0.415 e. The number of nitrogens with zero attached hydrogens (tertiary/aromatic N) is 5. The molecule has 1 atom stereocenters.